The lowest BCUT2D eigenvalue weighted by Gasteiger charge is -2.10. The molecule has 0 fully saturated rings. The van der Waals surface area contributed by atoms with Crippen LogP contribution in [0, 0.1) is 0 Å². The molecule has 2 aromatic rings. The van der Waals surface area contributed by atoms with Gasteiger partial charge in [-0.15, -0.1) is 0 Å². The first-order valence-electron chi connectivity index (χ1n) is 6.72. The number of fused-ring (bicyclic) bond motifs is 1. The smallest absolute Gasteiger partial charge is 0.258 e. The zero-order valence-electron chi connectivity index (χ0n) is 11.6. The van der Waals surface area contributed by atoms with Crippen LogP contribution in [0.15, 0.2) is 23.3 Å². The Hall–Kier alpha value is -1.69. The fourth-order valence-electron chi connectivity index (χ4n) is 2.06. The van der Waals surface area contributed by atoms with Crippen LogP contribution in [-0.2, 0) is 0 Å². The SMILES string of the molecule is CSCCCCCNc1cc2nc[nH]c(=O)c2cc1N. The number of thioether (sulfide) groups is 1. The van der Waals surface area contributed by atoms with Gasteiger partial charge in [0.2, 0.25) is 0 Å². The molecule has 4 N–H and O–H groups in total. The van der Waals surface area contributed by atoms with E-state index >= 15 is 0 Å². The summed E-state index contributed by atoms with van der Waals surface area (Å²) in [6.45, 7) is 0.882. The van der Waals surface area contributed by atoms with Gasteiger partial charge in [0.25, 0.3) is 5.56 Å². The van der Waals surface area contributed by atoms with Gasteiger partial charge in [-0.25, -0.2) is 4.98 Å². The molecular weight excluding hydrogens is 272 g/mol. The van der Waals surface area contributed by atoms with Crippen molar-refractivity contribution < 1.29 is 0 Å². The Labute approximate surface area is 122 Å². The standard InChI is InChI=1S/C14H20N4OS/c1-20-6-4-2-3-5-16-13-8-12-10(7-11(13)15)14(19)18-9-17-12/h7-9,16H,2-6,15H2,1H3,(H,17,18,19). The number of aromatic nitrogens is 2. The molecule has 0 bridgehead atoms. The van der Waals surface area contributed by atoms with Crippen molar-refractivity contribution in [2.45, 2.75) is 19.3 Å². The molecule has 1 aromatic carbocycles. The van der Waals surface area contributed by atoms with Gasteiger partial charge in [0.1, 0.15) is 0 Å². The minimum Gasteiger partial charge on any atom is -0.397 e. The first-order valence-corrected chi connectivity index (χ1v) is 8.11. The number of benzene rings is 1. The molecule has 0 aliphatic heterocycles. The maximum atomic E-state index is 11.6. The first kappa shape index (κ1) is 14.7. The molecule has 0 aliphatic rings. The van der Waals surface area contributed by atoms with Crippen LogP contribution in [0.25, 0.3) is 10.9 Å². The highest BCUT2D eigenvalue weighted by Crippen LogP contribution is 2.22. The van der Waals surface area contributed by atoms with E-state index in [1.54, 1.807) is 6.07 Å². The summed E-state index contributed by atoms with van der Waals surface area (Å²) in [6.07, 6.45) is 7.10. The zero-order valence-corrected chi connectivity index (χ0v) is 12.4. The van der Waals surface area contributed by atoms with Gasteiger partial charge in [-0.05, 0) is 37.0 Å². The second-order valence-corrected chi connectivity index (χ2v) is 5.65. The summed E-state index contributed by atoms with van der Waals surface area (Å²) >= 11 is 1.88. The molecule has 0 radical (unpaired) electrons. The molecule has 0 atom stereocenters. The summed E-state index contributed by atoms with van der Waals surface area (Å²) in [5, 5.41) is 3.84. The monoisotopic (exact) mass is 292 g/mol. The topological polar surface area (TPSA) is 83.8 Å². The van der Waals surface area contributed by atoms with Crippen LogP contribution in [0.1, 0.15) is 19.3 Å². The average Bonchev–Trinajstić information content (AvgIpc) is 2.44. The summed E-state index contributed by atoms with van der Waals surface area (Å²) in [4.78, 5) is 18.3. The van der Waals surface area contributed by atoms with Crippen LogP contribution < -0.4 is 16.6 Å². The Morgan fingerprint density at radius 3 is 3.00 bits per heavy atom. The van der Waals surface area contributed by atoms with Crippen LogP contribution >= 0.6 is 11.8 Å². The molecule has 0 saturated heterocycles. The highest BCUT2D eigenvalue weighted by atomic mass is 32.2. The van der Waals surface area contributed by atoms with E-state index in [-0.39, 0.29) is 5.56 Å². The minimum absolute atomic E-state index is 0.162. The van der Waals surface area contributed by atoms with E-state index in [0.29, 0.717) is 16.6 Å². The molecule has 0 unspecified atom stereocenters. The number of nitrogens with one attached hydrogen (secondary N) is 2. The summed E-state index contributed by atoms with van der Waals surface area (Å²) in [6, 6.07) is 3.51. The van der Waals surface area contributed by atoms with E-state index in [0.717, 1.165) is 18.7 Å². The van der Waals surface area contributed by atoms with Crippen molar-refractivity contribution in [2.24, 2.45) is 0 Å². The van der Waals surface area contributed by atoms with Crippen LogP contribution in [-0.4, -0.2) is 28.5 Å². The molecule has 1 heterocycles. The quantitative estimate of drug-likeness (QED) is 0.539. The lowest BCUT2D eigenvalue weighted by molar-refractivity contribution is 0.750. The van der Waals surface area contributed by atoms with Gasteiger partial charge >= 0.3 is 0 Å². The number of hydrogen-bond donors (Lipinski definition) is 3. The van der Waals surface area contributed by atoms with Gasteiger partial charge < -0.3 is 16.0 Å². The number of anilines is 2. The Kier molecular flexibility index (Phi) is 5.29. The molecule has 108 valence electrons. The number of H-pyrrole nitrogens is 1. The van der Waals surface area contributed by atoms with Crippen molar-refractivity contribution in [3.05, 3.63) is 28.8 Å². The predicted octanol–water partition coefficient (Wildman–Crippen LogP) is 2.45. The van der Waals surface area contributed by atoms with Gasteiger partial charge in [-0.1, -0.05) is 6.42 Å². The highest BCUT2D eigenvalue weighted by Gasteiger charge is 2.05. The molecule has 0 amide bonds. The maximum Gasteiger partial charge on any atom is 0.258 e. The van der Waals surface area contributed by atoms with E-state index < -0.39 is 0 Å². The fraction of sp³-hybridized carbons (Fsp3) is 0.429. The number of aromatic amines is 1. The number of hydrogen-bond acceptors (Lipinski definition) is 5. The molecule has 0 saturated carbocycles. The van der Waals surface area contributed by atoms with Gasteiger partial charge in [0, 0.05) is 6.54 Å². The maximum absolute atomic E-state index is 11.6. The highest BCUT2D eigenvalue weighted by molar-refractivity contribution is 7.98. The molecule has 2 rings (SSSR count). The van der Waals surface area contributed by atoms with Crippen LogP contribution in [0.5, 0.6) is 0 Å². The Bertz CT molecular complexity index is 626. The van der Waals surface area contributed by atoms with Gasteiger partial charge in [0.15, 0.2) is 0 Å². The van der Waals surface area contributed by atoms with Crippen molar-refractivity contribution in [1.29, 1.82) is 0 Å². The van der Waals surface area contributed by atoms with Crippen LogP contribution in [0.4, 0.5) is 11.4 Å². The van der Waals surface area contributed by atoms with E-state index in [2.05, 4.69) is 21.5 Å². The number of nitrogens with zero attached hydrogens (tertiary/aromatic N) is 1. The molecule has 1 aromatic heterocycles. The van der Waals surface area contributed by atoms with Crippen molar-refractivity contribution in [3.8, 4) is 0 Å². The summed E-state index contributed by atoms with van der Waals surface area (Å²) in [7, 11) is 0. The molecule has 5 nitrogen and oxygen atoms in total. The number of nitrogens with two attached hydrogens (primary N) is 1. The second kappa shape index (κ2) is 7.19. The molecule has 6 heteroatoms. The molecule has 0 spiro atoms. The van der Waals surface area contributed by atoms with Gasteiger partial charge in [0.05, 0.1) is 28.6 Å². The van der Waals surface area contributed by atoms with Crippen LogP contribution in [0.2, 0.25) is 0 Å². The largest absolute Gasteiger partial charge is 0.397 e. The second-order valence-electron chi connectivity index (χ2n) is 4.67. The van der Waals surface area contributed by atoms with Crippen LogP contribution in [0.3, 0.4) is 0 Å². The Morgan fingerprint density at radius 2 is 2.20 bits per heavy atom. The molecule has 20 heavy (non-hydrogen) atoms. The van der Waals surface area contributed by atoms with Gasteiger partial charge in [-0.2, -0.15) is 11.8 Å². The Morgan fingerprint density at radius 1 is 1.35 bits per heavy atom. The van der Waals surface area contributed by atoms with Crippen molar-refractivity contribution in [2.75, 3.05) is 29.6 Å². The summed E-state index contributed by atoms with van der Waals surface area (Å²) < 4.78 is 0. The number of unbranched alkanes of at least 4 members (excludes halogenated alkanes) is 2. The van der Waals surface area contributed by atoms with Crippen molar-refractivity contribution in [3.63, 3.8) is 0 Å². The van der Waals surface area contributed by atoms with E-state index in [1.165, 1.54) is 24.9 Å². The third kappa shape index (κ3) is 3.66. The zero-order chi connectivity index (χ0) is 14.4. The van der Waals surface area contributed by atoms with Crippen molar-refractivity contribution in [1.82, 2.24) is 9.97 Å². The third-order valence-corrected chi connectivity index (χ3v) is 3.85. The van der Waals surface area contributed by atoms with E-state index in [1.807, 2.05) is 17.8 Å². The fourth-order valence-corrected chi connectivity index (χ4v) is 2.55. The van der Waals surface area contributed by atoms with E-state index in [9.17, 15) is 4.79 Å². The lowest BCUT2D eigenvalue weighted by Crippen LogP contribution is -2.09. The third-order valence-electron chi connectivity index (χ3n) is 3.15. The molecule has 0 aliphatic carbocycles. The van der Waals surface area contributed by atoms with Crippen molar-refractivity contribution >= 4 is 34.0 Å². The average molecular weight is 292 g/mol. The lowest BCUT2D eigenvalue weighted by atomic mass is 10.2. The first-order chi connectivity index (χ1) is 9.72. The number of rotatable bonds is 7. The molecular formula is C14H20N4OS. The van der Waals surface area contributed by atoms with E-state index in [4.69, 9.17) is 5.73 Å². The minimum atomic E-state index is -0.162. The van der Waals surface area contributed by atoms with Gasteiger partial charge in [-0.3, -0.25) is 4.79 Å². The summed E-state index contributed by atoms with van der Waals surface area (Å²) in [5.41, 5.74) is 7.90. The number of nitrogen functional groups attached to an aromatic ring is 1. The predicted molar refractivity (Wildman–Crippen MR) is 87.5 cm³/mol. The summed E-state index contributed by atoms with van der Waals surface area (Å²) in [5.74, 6) is 1.21. The Balaban J connectivity index is 2.00. The normalized spacial score (nSPS) is 10.8.